The fraction of sp³-hybridized carbons (Fsp3) is 0.500. The summed E-state index contributed by atoms with van der Waals surface area (Å²) >= 11 is 17.2. The number of fused-ring (bicyclic) bond motifs is 1. The molecule has 0 saturated carbocycles. The fourth-order valence-corrected chi connectivity index (χ4v) is 2.83. The van der Waals surface area contributed by atoms with E-state index >= 15 is 0 Å². The predicted octanol–water partition coefficient (Wildman–Crippen LogP) is 3.85. The highest BCUT2D eigenvalue weighted by atomic mass is 35.5. The van der Waals surface area contributed by atoms with Crippen molar-refractivity contribution < 1.29 is 9.84 Å². The molecule has 25 heavy (non-hydrogen) atoms. The third kappa shape index (κ3) is 4.70. The number of hydrogen-bond donors (Lipinski definition) is 1. The van der Waals surface area contributed by atoms with E-state index in [1.54, 1.807) is 6.07 Å². The molecule has 0 fully saturated rings. The van der Waals surface area contributed by atoms with Gasteiger partial charge in [0.2, 0.25) is 5.88 Å². The number of halogens is 3. The van der Waals surface area contributed by atoms with E-state index in [1.807, 2.05) is 19.9 Å². The molecule has 1 aliphatic heterocycles. The first-order valence-corrected chi connectivity index (χ1v) is 8.67. The Labute approximate surface area is 161 Å². The molecule has 136 valence electrons. The summed E-state index contributed by atoms with van der Waals surface area (Å²) in [4.78, 5) is 0. The van der Waals surface area contributed by atoms with Gasteiger partial charge in [-0.2, -0.15) is 0 Å². The molecule has 0 radical (unpaired) electrons. The van der Waals surface area contributed by atoms with Crippen LogP contribution in [0.5, 0.6) is 5.88 Å². The maximum atomic E-state index is 9.11. The molecule has 3 rings (SSSR count). The zero-order chi connectivity index (χ0) is 18.8. The van der Waals surface area contributed by atoms with Crippen LogP contribution in [0, 0.1) is 0 Å². The van der Waals surface area contributed by atoms with Crippen LogP contribution in [-0.4, -0.2) is 38.7 Å². The Morgan fingerprint density at radius 3 is 2.32 bits per heavy atom. The molecule has 0 unspecified atom stereocenters. The molecule has 0 aromatic carbocycles. The second-order valence-electron chi connectivity index (χ2n) is 6.97. The van der Waals surface area contributed by atoms with Crippen molar-refractivity contribution in [1.82, 2.24) is 20.4 Å². The van der Waals surface area contributed by atoms with Crippen LogP contribution >= 0.6 is 34.8 Å². The molecule has 0 atom stereocenters. The van der Waals surface area contributed by atoms with Crippen molar-refractivity contribution in [2.45, 2.75) is 38.5 Å². The number of hydrogen-bond acceptors (Lipinski definition) is 6. The minimum Gasteiger partial charge on any atom is -0.475 e. The summed E-state index contributed by atoms with van der Waals surface area (Å²) in [5.41, 5.74) is 1.31. The van der Waals surface area contributed by atoms with Crippen LogP contribution in [0.4, 0.5) is 0 Å². The average Bonchev–Trinajstić information content (AvgIpc) is 2.85. The summed E-state index contributed by atoms with van der Waals surface area (Å²) in [6.07, 6.45) is 0. The number of rotatable bonds is 2. The summed E-state index contributed by atoms with van der Waals surface area (Å²) in [6.45, 7) is 8.53. The minimum atomic E-state index is -0.448. The number of nitrogens with zero attached hydrogens (tertiary/aromatic N) is 4. The molecule has 0 saturated heterocycles. The molecule has 0 aliphatic carbocycles. The van der Waals surface area contributed by atoms with Gasteiger partial charge in [0.15, 0.2) is 15.5 Å². The van der Waals surface area contributed by atoms with E-state index in [4.69, 9.17) is 44.6 Å². The SMILES string of the molecule is CC(C)(CO)c1cc(Cl)nnc1Cl.CC1(C)COc2nnc(Cl)cc21. The summed E-state index contributed by atoms with van der Waals surface area (Å²) in [7, 11) is 0. The highest BCUT2D eigenvalue weighted by Gasteiger charge is 2.33. The molecular weight excluding hydrogens is 387 g/mol. The lowest BCUT2D eigenvalue weighted by Crippen LogP contribution is -2.23. The monoisotopic (exact) mass is 404 g/mol. The highest BCUT2D eigenvalue weighted by molar-refractivity contribution is 6.31. The smallest absolute Gasteiger partial charge is 0.237 e. The highest BCUT2D eigenvalue weighted by Crippen LogP contribution is 2.36. The molecule has 2 aromatic rings. The van der Waals surface area contributed by atoms with Gasteiger partial charge in [0.1, 0.15) is 0 Å². The second kappa shape index (κ2) is 7.58. The molecule has 0 amide bonds. The maximum absolute atomic E-state index is 9.11. The number of aliphatic hydroxyl groups is 1. The Bertz CT molecular complexity index is 769. The van der Waals surface area contributed by atoms with Crippen molar-refractivity contribution in [3.63, 3.8) is 0 Å². The third-order valence-electron chi connectivity index (χ3n) is 3.87. The van der Waals surface area contributed by atoms with E-state index in [-0.39, 0.29) is 22.3 Å². The molecule has 1 N–H and O–H groups in total. The lowest BCUT2D eigenvalue weighted by Gasteiger charge is -2.22. The maximum Gasteiger partial charge on any atom is 0.237 e. The van der Waals surface area contributed by atoms with Crippen LogP contribution in [-0.2, 0) is 10.8 Å². The average molecular weight is 406 g/mol. The second-order valence-corrected chi connectivity index (χ2v) is 8.10. The molecular formula is C16H19Cl3N4O2. The Kier molecular flexibility index (Phi) is 6.09. The van der Waals surface area contributed by atoms with E-state index in [9.17, 15) is 0 Å². The topological polar surface area (TPSA) is 81.0 Å². The number of aliphatic hydroxyl groups excluding tert-OH is 1. The predicted molar refractivity (Wildman–Crippen MR) is 97.7 cm³/mol. The van der Waals surface area contributed by atoms with Crippen LogP contribution < -0.4 is 4.74 Å². The lowest BCUT2D eigenvalue weighted by molar-refractivity contribution is 0.218. The number of aromatic nitrogens is 4. The summed E-state index contributed by atoms with van der Waals surface area (Å²) < 4.78 is 5.34. The molecule has 0 bridgehead atoms. The van der Waals surface area contributed by atoms with Crippen molar-refractivity contribution in [2.75, 3.05) is 13.2 Å². The van der Waals surface area contributed by atoms with E-state index in [2.05, 4.69) is 34.2 Å². The Balaban J connectivity index is 0.000000181. The fourth-order valence-electron chi connectivity index (χ4n) is 2.19. The van der Waals surface area contributed by atoms with Gasteiger partial charge >= 0.3 is 0 Å². The molecule has 3 heterocycles. The molecule has 0 spiro atoms. The Morgan fingerprint density at radius 1 is 1.08 bits per heavy atom. The van der Waals surface area contributed by atoms with Crippen LogP contribution in [0.2, 0.25) is 15.5 Å². The zero-order valence-corrected chi connectivity index (χ0v) is 16.6. The van der Waals surface area contributed by atoms with Gasteiger partial charge in [-0.1, -0.05) is 62.5 Å². The molecule has 9 heteroatoms. The first-order valence-electron chi connectivity index (χ1n) is 7.53. The van der Waals surface area contributed by atoms with Crippen LogP contribution in [0.1, 0.15) is 38.8 Å². The van der Waals surface area contributed by atoms with Gasteiger partial charge in [0, 0.05) is 22.0 Å². The van der Waals surface area contributed by atoms with Crippen molar-refractivity contribution in [1.29, 1.82) is 0 Å². The Morgan fingerprint density at radius 2 is 1.68 bits per heavy atom. The minimum absolute atomic E-state index is 0.00884. The largest absolute Gasteiger partial charge is 0.475 e. The quantitative estimate of drug-likeness (QED) is 0.817. The Hall–Kier alpha value is -1.21. The third-order valence-corrected chi connectivity index (χ3v) is 4.52. The van der Waals surface area contributed by atoms with E-state index < -0.39 is 5.41 Å². The van der Waals surface area contributed by atoms with Gasteiger partial charge in [-0.3, -0.25) is 0 Å². The molecule has 2 aromatic heterocycles. The summed E-state index contributed by atoms with van der Waals surface area (Å²) in [5, 5.41) is 24.9. The van der Waals surface area contributed by atoms with Gasteiger partial charge in [-0.15, -0.1) is 20.4 Å². The normalized spacial score (nSPS) is 15.0. The van der Waals surface area contributed by atoms with Crippen molar-refractivity contribution in [2.24, 2.45) is 0 Å². The van der Waals surface area contributed by atoms with Crippen molar-refractivity contribution >= 4 is 34.8 Å². The van der Waals surface area contributed by atoms with E-state index in [0.717, 1.165) is 5.56 Å². The van der Waals surface area contributed by atoms with Crippen LogP contribution in [0.3, 0.4) is 0 Å². The zero-order valence-electron chi connectivity index (χ0n) is 14.3. The van der Waals surface area contributed by atoms with E-state index in [1.165, 1.54) is 0 Å². The van der Waals surface area contributed by atoms with E-state index in [0.29, 0.717) is 23.2 Å². The molecule has 6 nitrogen and oxygen atoms in total. The number of ether oxygens (including phenoxy) is 1. The van der Waals surface area contributed by atoms with Gasteiger partial charge in [0.25, 0.3) is 0 Å². The standard InChI is InChI=1S/C8H10Cl2N2O.C8H9ClN2O/c1-8(2,4-13)5-3-6(9)11-12-7(5)10;1-8(2)4-12-7-5(8)3-6(9)10-11-7/h3,13H,4H2,1-2H3;3H,4H2,1-2H3. The van der Waals surface area contributed by atoms with Crippen LogP contribution in [0.25, 0.3) is 0 Å². The lowest BCUT2D eigenvalue weighted by atomic mass is 9.87. The summed E-state index contributed by atoms with van der Waals surface area (Å²) in [6, 6.07) is 3.43. The molecule has 1 aliphatic rings. The van der Waals surface area contributed by atoms with Gasteiger partial charge in [-0.25, -0.2) is 0 Å². The van der Waals surface area contributed by atoms with Crippen molar-refractivity contribution in [3.8, 4) is 5.88 Å². The van der Waals surface area contributed by atoms with Crippen LogP contribution in [0.15, 0.2) is 12.1 Å². The van der Waals surface area contributed by atoms with Gasteiger partial charge in [0.05, 0.1) is 13.2 Å². The first kappa shape index (κ1) is 20.1. The van der Waals surface area contributed by atoms with Gasteiger partial charge in [-0.05, 0) is 12.1 Å². The van der Waals surface area contributed by atoms with Crippen molar-refractivity contribution in [3.05, 3.63) is 38.7 Å². The first-order chi connectivity index (χ1) is 11.6. The van der Waals surface area contributed by atoms with Gasteiger partial charge < -0.3 is 9.84 Å². The summed E-state index contributed by atoms with van der Waals surface area (Å²) in [5.74, 6) is 0.615.